The fourth-order valence-corrected chi connectivity index (χ4v) is 8.86. The molecule has 0 fully saturated rings. The lowest BCUT2D eigenvalue weighted by atomic mass is 10.0. The van der Waals surface area contributed by atoms with Crippen molar-refractivity contribution in [3.05, 3.63) is 206 Å². The summed E-state index contributed by atoms with van der Waals surface area (Å²) in [4.78, 5) is 2.33. The summed E-state index contributed by atoms with van der Waals surface area (Å²) in [6.45, 7) is 0. The van der Waals surface area contributed by atoms with Gasteiger partial charge >= 0.3 is 0 Å². The predicted molar refractivity (Wildman–Crippen MR) is 241 cm³/mol. The molecule has 0 bridgehead atoms. The molecule has 0 aliphatic rings. The van der Waals surface area contributed by atoms with Gasteiger partial charge < -0.3 is 18.3 Å². The van der Waals surface area contributed by atoms with Gasteiger partial charge in [-0.15, -0.1) is 0 Å². The average molecular weight is 743 g/mol. The van der Waals surface area contributed by atoms with E-state index in [-0.39, 0.29) is 0 Å². The minimum Gasteiger partial charge on any atom is -0.456 e. The molecule has 58 heavy (non-hydrogen) atoms. The van der Waals surface area contributed by atoms with Crippen LogP contribution < -0.4 is 4.90 Å². The highest BCUT2D eigenvalue weighted by Crippen LogP contribution is 2.42. The van der Waals surface area contributed by atoms with Gasteiger partial charge in [0.25, 0.3) is 0 Å². The fraction of sp³-hybridized carbons (Fsp3) is 0. The molecule has 12 rings (SSSR count). The highest BCUT2D eigenvalue weighted by molar-refractivity contribution is 6.17. The number of aromatic nitrogens is 1. The number of para-hydroxylation sites is 4. The van der Waals surface area contributed by atoms with E-state index < -0.39 is 0 Å². The molecule has 0 saturated carbocycles. The first-order valence-corrected chi connectivity index (χ1v) is 19.7. The van der Waals surface area contributed by atoms with Crippen LogP contribution in [0.25, 0.3) is 93.6 Å². The molecule has 4 heteroatoms. The SMILES string of the molecule is c1ccc(-c2ccc(N(c3ccc(-c4cccc5c4oc4ccccc45)cc3)c3ccc(-n4c5ccccc5c5cc6c(cc54)oc4ccccc46)cc3)cc2)cc1. The summed E-state index contributed by atoms with van der Waals surface area (Å²) in [5.41, 5.74) is 14.7. The fourth-order valence-electron chi connectivity index (χ4n) is 8.86. The first kappa shape index (κ1) is 32.4. The first-order chi connectivity index (χ1) is 28.7. The van der Waals surface area contributed by atoms with E-state index in [0.717, 1.165) is 88.8 Å². The second-order valence-electron chi connectivity index (χ2n) is 14.9. The van der Waals surface area contributed by atoms with E-state index in [2.05, 4.69) is 191 Å². The molecule has 3 aromatic heterocycles. The van der Waals surface area contributed by atoms with Gasteiger partial charge in [0.1, 0.15) is 22.3 Å². The van der Waals surface area contributed by atoms with Gasteiger partial charge in [0.2, 0.25) is 0 Å². The van der Waals surface area contributed by atoms with Crippen LogP contribution in [0.5, 0.6) is 0 Å². The topological polar surface area (TPSA) is 34.5 Å². The van der Waals surface area contributed by atoms with Crippen LogP contribution in [0.1, 0.15) is 0 Å². The quantitative estimate of drug-likeness (QED) is 0.170. The highest BCUT2D eigenvalue weighted by Gasteiger charge is 2.19. The third kappa shape index (κ3) is 5.09. The van der Waals surface area contributed by atoms with Crippen LogP contribution in [0.4, 0.5) is 17.1 Å². The van der Waals surface area contributed by atoms with Crippen molar-refractivity contribution >= 4 is 82.7 Å². The van der Waals surface area contributed by atoms with Crippen LogP contribution in [0, 0.1) is 0 Å². The van der Waals surface area contributed by atoms with Gasteiger partial charge in [-0.3, -0.25) is 0 Å². The van der Waals surface area contributed by atoms with E-state index >= 15 is 0 Å². The number of hydrogen-bond acceptors (Lipinski definition) is 3. The molecule has 0 atom stereocenters. The Kier molecular flexibility index (Phi) is 7.20. The largest absolute Gasteiger partial charge is 0.456 e. The Morgan fingerprint density at radius 3 is 1.60 bits per heavy atom. The van der Waals surface area contributed by atoms with Gasteiger partial charge in [-0.05, 0) is 89.5 Å². The monoisotopic (exact) mass is 742 g/mol. The minimum atomic E-state index is 0.888. The van der Waals surface area contributed by atoms with Crippen LogP contribution in [0.2, 0.25) is 0 Å². The van der Waals surface area contributed by atoms with Gasteiger partial charge in [-0.2, -0.15) is 0 Å². The van der Waals surface area contributed by atoms with Gasteiger partial charge in [-0.1, -0.05) is 127 Å². The molecular weight excluding hydrogens is 709 g/mol. The Morgan fingerprint density at radius 2 is 0.879 bits per heavy atom. The normalized spacial score (nSPS) is 11.8. The number of furan rings is 2. The average Bonchev–Trinajstić information content (AvgIpc) is 3.96. The number of hydrogen-bond donors (Lipinski definition) is 0. The second-order valence-corrected chi connectivity index (χ2v) is 14.9. The summed E-state index contributed by atoms with van der Waals surface area (Å²) in [6.07, 6.45) is 0. The third-order valence-corrected chi connectivity index (χ3v) is 11.6. The molecule has 0 spiro atoms. The van der Waals surface area contributed by atoms with Crippen molar-refractivity contribution in [2.45, 2.75) is 0 Å². The van der Waals surface area contributed by atoms with Crippen LogP contribution in [-0.4, -0.2) is 4.57 Å². The van der Waals surface area contributed by atoms with Gasteiger partial charge in [0, 0.05) is 66.7 Å². The smallest absolute Gasteiger partial charge is 0.143 e. The van der Waals surface area contributed by atoms with Crippen LogP contribution in [0.15, 0.2) is 215 Å². The summed E-state index contributed by atoms with van der Waals surface area (Å²) in [5.74, 6) is 0. The molecule has 0 N–H and O–H groups in total. The Labute approximate surface area is 334 Å². The maximum absolute atomic E-state index is 6.41. The van der Waals surface area contributed by atoms with Crippen molar-refractivity contribution in [2.75, 3.05) is 4.90 Å². The van der Waals surface area contributed by atoms with Crippen molar-refractivity contribution in [2.24, 2.45) is 0 Å². The van der Waals surface area contributed by atoms with E-state index in [0.29, 0.717) is 0 Å². The number of anilines is 3. The predicted octanol–water partition coefficient (Wildman–Crippen LogP) is 15.4. The zero-order chi connectivity index (χ0) is 38.2. The molecule has 9 aromatic carbocycles. The van der Waals surface area contributed by atoms with Gasteiger partial charge in [0.05, 0.1) is 11.0 Å². The Morgan fingerprint density at radius 1 is 0.328 bits per heavy atom. The number of benzene rings is 9. The van der Waals surface area contributed by atoms with Crippen molar-refractivity contribution in [1.29, 1.82) is 0 Å². The maximum Gasteiger partial charge on any atom is 0.143 e. The van der Waals surface area contributed by atoms with Crippen molar-refractivity contribution in [3.63, 3.8) is 0 Å². The van der Waals surface area contributed by atoms with E-state index in [1.807, 2.05) is 24.3 Å². The van der Waals surface area contributed by atoms with E-state index in [1.54, 1.807) is 0 Å². The summed E-state index contributed by atoms with van der Waals surface area (Å²) >= 11 is 0. The first-order valence-electron chi connectivity index (χ1n) is 19.7. The zero-order valence-electron chi connectivity index (χ0n) is 31.3. The molecule has 0 aliphatic heterocycles. The maximum atomic E-state index is 6.41. The lowest BCUT2D eigenvalue weighted by molar-refractivity contribution is 0.669. The van der Waals surface area contributed by atoms with Crippen molar-refractivity contribution in [1.82, 2.24) is 4.57 Å². The molecule has 0 saturated heterocycles. The van der Waals surface area contributed by atoms with E-state index in [1.165, 1.54) is 21.9 Å². The summed E-state index contributed by atoms with van der Waals surface area (Å²) < 4.78 is 15.1. The van der Waals surface area contributed by atoms with Crippen molar-refractivity contribution < 1.29 is 8.83 Å². The molecule has 0 radical (unpaired) electrons. The molecule has 3 heterocycles. The zero-order valence-corrected chi connectivity index (χ0v) is 31.3. The summed E-state index contributed by atoms with van der Waals surface area (Å²) in [7, 11) is 0. The molecule has 0 aliphatic carbocycles. The Hall–Kier alpha value is -7.82. The van der Waals surface area contributed by atoms with Crippen LogP contribution in [0.3, 0.4) is 0 Å². The Balaban J connectivity index is 0.976. The lowest BCUT2D eigenvalue weighted by Crippen LogP contribution is -2.10. The van der Waals surface area contributed by atoms with Crippen LogP contribution >= 0.6 is 0 Å². The lowest BCUT2D eigenvalue weighted by Gasteiger charge is -2.26. The number of fused-ring (bicyclic) bond motifs is 9. The van der Waals surface area contributed by atoms with Gasteiger partial charge in [0.15, 0.2) is 0 Å². The molecule has 0 amide bonds. The highest BCUT2D eigenvalue weighted by atomic mass is 16.3. The molecule has 4 nitrogen and oxygen atoms in total. The van der Waals surface area contributed by atoms with Gasteiger partial charge in [-0.25, -0.2) is 0 Å². The molecule has 0 unspecified atom stereocenters. The second kappa shape index (κ2) is 12.9. The minimum absolute atomic E-state index is 0.888. The summed E-state index contributed by atoms with van der Waals surface area (Å²) in [5, 5.41) is 6.95. The summed E-state index contributed by atoms with van der Waals surface area (Å²) in [6, 6.07) is 73.2. The third-order valence-electron chi connectivity index (χ3n) is 11.6. The standard InChI is InChI=1S/C54H34N2O2/c1-2-11-35(12-3-1)36-21-25-38(26-22-36)55(39-27-23-37(24-28-39)42-16-10-17-46-44-14-5-9-20-52(44)58-54(42)46)40-29-31-41(32-30-40)56-49-18-7-4-13-43(49)47-33-48-45-15-6-8-19-51(45)57-53(48)34-50(47)56/h1-34H. The molecular formula is C54H34N2O2. The van der Waals surface area contributed by atoms with Crippen molar-refractivity contribution in [3.8, 4) is 27.9 Å². The van der Waals surface area contributed by atoms with Crippen LogP contribution in [-0.2, 0) is 0 Å². The Bertz CT molecular complexity index is 3480. The number of nitrogens with zero attached hydrogens (tertiary/aromatic N) is 2. The molecule has 12 aromatic rings. The van der Waals surface area contributed by atoms with E-state index in [9.17, 15) is 0 Å². The number of rotatable bonds is 6. The molecule has 272 valence electrons. The van der Waals surface area contributed by atoms with E-state index in [4.69, 9.17) is 8.83 Å².